The molecule has 2 heteroatoms. The molecule has 0 aliphatic carbocycles. The number of carbonyl (C=O) groups excluding carboxylic acids is 1. The highest BCUT2D eigenvalue weighted by Crippen LogP contribution is 2.19. The van der Waals surface area contributed by atoms with Crippen molar-refractivity contribution in [3.05, 3.63) is 29.3 Å². The van der Waals surface area contributed by atoms with Crippen molar-refractivity contribution >= 4 is 11.5 Å². The zero-order valence-electron chi connectivity index (χ0n) is 9.71. The van der Waals surface area contributed by atoms with Gasteiger partial charge in [0.1, 0.15) is 0 Å². The molecule has 1 rings (SSSR count). The predicted molar refractivity (Wildman–Crippen MR) is 64.0 cm³/mol. The van der Waals surface area contributed by atoms with Crippen LogP contribution < -0.4 is 5.73 Å². The second kappa shape index (κ2) is 4.96. The van der Waals surface area contributed by atoms with E-state index in [1.54, 1.807) is 6.07 Å². The molecule has 0 fully saturated rings. The van der Waals surface area contributed by atoms with Gasteiger partial charge < -0.3 is 5.73 Å². The lowest BCUT2D eigenvalue weighted by atomic mass is 9.92. The summed E-state index contributed by atoms with van der Waals surface area (Å²) in [4.78, 5) is 12.0. The van der Waals surface area contributed by atoms with Gasteiger partial charge in [-0.25, -0.2) is 0 Å². The average Bonchev–Trinajstić information content (AvgIpc) is 2.26. The zero-order valence-corrected chi connectivity index (χ0v) is 9.71. The van der Waals surface area contributed by atoms with Crippen LogP contribution in [0.25, 0.3) is 0 Å². The largest absolute Gasteiger partial charge is 0.399 e. The molecule has 0 amide bonds. The number of hydrogen-bond acceptors (Lipinski definition) is 2. The maximum absolute atomic E-state index is 12.0. The third kappa shape index (κ3) is 2.58. The first-order valence-electron chi connectivity index (χ1n) is 5.52. The summed E-state index contributed by atoms with van der Waals surface area (Å²) in [5, 5.41) is 0. The molecule has 0 saturated carbocycles. The second-order valence-corrected chi connectivity index (χ2v) is 3.94. The minimum Gasteiger partial charge on any atom is -0.399 e. The lowest BCUT2D eigenvalue weighted by Gasteiger charge is -2.11. The van der Waals surface area contributed by atoms with Crippen LogP contribution in [0.15, 0.2) is 18.2 Å². The number of nitrogen functional groups attached to an aromatic ring is 1. The van der Waals surface area contributed by atoms with Crippen LogP contribution in [0.5, 0.6) is 0 Å². The van der Waals surface area contributed by atoms with Gasteiger partial charge in [-0.2, -0.15) is 0 Å². The smallest absolute Gasteiger partial charge is 0.165 e. The van der Waals surface area contributed by atoms with E-state index in [1.807, 2.05) is 32.9 Å². The molecule has 0 saturated heterocycles. The molecule has 1 aromatic carbocycles. The molecule has 82 valence electrons. The molecule has 2 N–H and O–H groups in total. The number of ketones is 1. The number of nitrogens with two attached hydrogens (primary N) is 1. The summed E-state index contributed by atoms with van der Waals surface area (Å²) in [6, 6.07) is 5.55. The van der Waals surface area contributed by atoms with Gasteiger partial charge in [0.2, 0.25) is 0 Å². The first-order valence-corrected chi connectivity index (χ1v) is 5.52. The van der Waals surface area contributed by atoms with Gasteiger partial charge in [0, 0.05) is 17.2 Å². The van der Waals surface area contributed by atoms with Gasteiger partial charge in [-0.05, 0) is 36.6 Å². The Balaban J connectivity index is 3.08. The summed E-state index contributed by atoms with van der Waals surface area (Å²) in [6.45, 7) is 6.05. The molecule has 15 heavy (non-hydrogen) atoms. The Bertz CT molecular complexity index is 358. The Morgan fingerprint density at radius 1 is 1.40 bits per heavy atom. The fourth-order valence-corrected chi connectivity index (χ4v) is 1.60. The molecule has 0 aromatic heterocycles. The standard InChI is InChI=1S/C13H19NO/c1-4-9(3)13(15)12-7-6-11(14)8-10(12)5-2/h6-9H,4-5,14H2,1-3H3. The van der Waals surface area contributed by atoms with Gasteiger partial charge in [0.05, 0.1) is 0 Å². The third-order valence-corrected chi connectivity index (χ3v) is 2.84. The molecule has 0 bridgehead atoms. The molecule has 2 nitrogen and oxygen atoms in total. The van der Waals surface area contributed by atoms with E-state index in [4.69, 9.17) is 5.73 Å². The normalized spacial score (nSPS) is 12.5. The Morgan fingerprint density at radius 2 is 2.07 bits per heavy atom. The molecule has 1 aromatic rings. The molecule has 0 aliphatic rings. The lowest BCUT2D eigenvalue weighted by Crippen LogP contribution is -2.12. The molecule has 0 heterocycles. The van der Waals surface area contributed by atoms with Crippen LogP contribution in [0.4, 0.5) is 5.69 Å². The number of anilines is 1. The Kier molecular flexibility index (Phi) is 3.89. The van der Waals surface area contributed by atoms with E-state index in [0.29, 0.717) is 0 Å². The van der Waals surface area contributed by atoms with Crippen molar-refractivity contribution in [3.63, 3.8) is 0 Å². The van der Waals surface area contributed by atoms with Crippen LogP contribution in [-0.4, -0.2) is 5.78 Å². The Morgan fingerprint density at radius 3 is 2.60 bits per heavy atom. The molecular formula is C13H19NO. The summed E-state index contributed by atoms with van der Waals surface area (Å²) < 4.78 is 0. The summed E-state index contributed by atoms with van der Waals surface area (Å²) in [7, 11) is 0. The number of aryl methyl sites for hydroxylation is 1. The van der Waals surface area contributed by atoms with E-state index >= 15 is 0 Å². The number of Topliss-reactive ketones (excluding diaryl/α,β-unsaturated/α-hetero) is 1. The van der Waals surface area contributed by atoms with Gasteiger partial charge >= 0.3 is 0 Å². The molecular weight excluding hydrogens is 186 g/mol. The summed E-state index contributed by atoms with van der Waals surface area (Å²) >= 11 is 0. The van der Waals surface area contributed by atoms with E-state index in [0.717, 1.165) is 29.7 Å². The first kappa shape index (κ1) is 11.8. The van der Waals surface area contributed by atoms with Crippen molar-refractivity contribution in [1.29, 1.82) is 0 Å². The van der Waals surface area contributed by atoms with Gasteiger partial charge in [-0.3, -0.25) is 4.79 Å². The second-order valence-electron chi connectivity index (χ2n) is 3.94. The quantitative estimate of drug-likeness (QED) is 0.606. The zero-order chi connectivity index (χ0) is 11.4. The summed E-state index contributed by atoms with van der Waals surface area (Å²) in [6.07, 6.45) is 1.73. The summed E-state index contributed by atoms with van der Waals surface area (Å²) in [5.74, 6) is 0.327. The molecule has 0 radical (unpaired) electrons. The van der Waals surface area contributed by atoms with Crippen LogP contribution >= 0.6 is 0 Å². The Hall–Kier alpha value is -1.31. The molecule has 1 unspecified atom stereocenters. The SMILES string of the molecule is CCc1cc(N)ccc1C(=O)C(C)CC. The van der Waals surface area contributed by atoms with Gasteiger partial charge in [0.25, 0.3) is 0 Å². The van der Waals surface area contributed by atoms with E-state index in [1.165, 1.54) is 0 Å². The number of benzene rings is 1. The highest BCUT2D eigenvalue weighted by Gasteiger charge is 2.15. The first-order chi connectivity index (χ1) is 7.10. The van der Waals surface area contributed by atoms with E-state index < -0.39 is 0 Å². The summed E-state index contributed by atoms with van der Waals surface area (Å²) in [5.41, 5.74) is 8.32. The van der Waals surface area contributed by atoms with Crippen molar-refractivity contribution in [1.82, 2.24) is 0 Å². The van der Waals surface area contributed by atoms with Gasteiger partial charge in [0.15, 0.2) is 5.78 Å². The molecule has 0 spiro atoms. The molecule has 1 atom stereocenters. The maximum Gasteiger partial charge on any atom is 0.165 e. The average molecular weight is 205 g/mol. The van der Waals surface area contributed by atoms with Crippen LogP contribution in [0.1, 0.15) is 43.1 Å². The van der Waals surface area contributed by atoms with E-state index in [-0.39, 0.29) is 11.7 Å². The fraction of sp³-hybridized carbons (Fsp3) is 0.462. The van der Waals surface area contributed by atoms with Crippen molar-refractivity contribution in [3.8, 4) is 0 Å². The highest BCUT2D eigenvalue weighted by atomic mass is 16.1. The number of rotatable bonds is 4. The Labute approximate surface area is 91.5 Å². The van der Waals surface area contributed by atoms with Crippen molar-refractivity contribution in [2.75, 3.05) is 5.73 Å². The molecule has 0 aliphatic heterocycles. The van der Waals surface area contributed by atoms with Crippen LogP contribution in [0, 0.1) is 5.92 Å². The fourth-order valence-electron chi connectivity index (χ4n) is 1.60. The van der Waals surface area contributed by atoms with E-state index in [9.17, 15) is 4.79 Å². The van der Waals surface area contributed by atoms with E-state index in [2.05, 4.69) is 0 Å². The van der Waals surface area contributed by atoms with Crippen LogP contribution in [0.2, 0.25) is 0 Å². The van der Waals surface area contributed by atoms with Crippen LogP contribution in [0.3, 0.4) is 0 Å². The number of hydrogen-bond donors (Lipinski definition) is 1. The minimum absolute atomic E-state index is 0.0962. The van der Waals surface area contributed by atoms with Crippen molar-refractivity contribution < 1.29 is 4.79 Å². The minimum atomic E-state index is 0.0962. The highest BCUT2D eigenvalue weighted by molar-refractivity contribution is 5.99. The van der Waals surface area contributed by atoms with Crippen LogP contribution in [-0.2, 0) is 6.42 Å². The monoisotopic (exact) mass is 205 g/mol. The van der Waals surface area contributed by atoms with Crippen molar-refractivity contribution in [2.45, 2.75) is 33.6 Å². The van der Waals surface area contributed by atoms with Gasteiger partial charge in [-0.1, -0.05) is 20.8 Å². The third-order valence-electron chi connectivity index (χ3n) is 2.84. The topological polar surface area (TPSA) is 43.1 Å². The predicted octanol–water partition coefficient (Wildman–Crippen LogP) is 3.06. The maximum atomic E-state index is 12.0. The van der Waals surface area contributed by atoms with Crippen molar-refractivity contribution in [2.24, 2.45) is 5.92 Å². The lowest BCUT2D eigenvalue weighted by molar-refractivity contribution is 0.0926. The van der Waals surface area contributed by atoms with Gasteiger partial charge in [-0.15, -0.1) is 0 Å². The number of carbonyl (C=O) groups is 1.